The van der Waals surface area contributed by atoms with E-state index in [4.69, 9.17) is 11.6 Å². The molecule has 1 rings (SSSR count). The molecule has 0 aliphatic carbocycles. The summed E-state index contributed by atoms with van der Waals surface area (Å²) in [6.45, 7) is 4.28. The first kappa shape index (κ1) is 13.2. The number of Topliss-reactive ketones (excluding diaryl/α,β-unsaturated/α-hetero) is 1. The monoisotopic (exact) mass is 238 g/mol. The summed E-state index contributed by atoms with van der Waals surface area (Å²) in [6.07, 6.45) is 3.37. The van der Waals surface area contributed by atoms with Crippen LogP contribution in [0.2, 0.25) is 5.02 Å². The lowest BCUT2D eigenvalue weighted by molar-refractivity contribution is -0.119. The van der Waals surface area contributed by atoms with E-state index in [9.17, 15) is 4.79 Å². The molecule has 0 bridgehead atoms. The molecule has 0 atom stereocenters. The van der Waals surface area contributed by atoms with Crippen LogP contribution in [0.25, 0.3) is 0 Å². The lowest BCUT2D eigenvalue weighted by atomic mass is 9.94. The first-order valence-corrected chi connectivity index (χ1v) is 6.29. The normalized spacial score (nSPS) is 10.8. The van der Waals surface area contributed by atoms with Crippen molar-refractivity contribution >= 4 is 17.4 Å². The average molecular weight is 239 g/mol. The Kier molecular flexibility index (Phi) is 5.54. The van der Waals surface area contributed by atoms with Gasteiger partial charge in [-0.1, -0.05) is 50.4 Å². The van der Waals surface area contributed by atoms with Gasteiger partial charge in [0.15, 0.2) is 0 Å². The van der Waals surface area contributed by atoms with Gasteiger partial charge in [0.2, 0.25) is 0 Å². The van der Waals surface area contributed by atoms with Gasteiger partial charge in [0.25, 0.3) is 0 Å². The van der Waals surface area contributed by atoms with E-state index in [1.807, 2.05) is 24.3 Å². The summed E-state index contributed by atoms with van der Waals surface area (Å²) in [5, 5.41) is 0.702. The Balaban J connectivity index is 2.51. The van der Waals surface area contributed by atoms with Gasteiger partial charge in [0.1, 0.15) is 5.78 Å². The topological polar surface area (TPSA) is 17.1 Å². The summed E-state index contributed by atoms with van der Waals surface area (Å²) in [6, 6.07) is 7.54. The molecule has 1 aromatic rings. The number of carbonyl (C=O) groups excluding carboxylic acids is 1. The van der Waals surface area contributed by atoms with Crippen molar-refractivity contribution in [3.05, 3.63) is 34.9 Å². The minimum atomic E-state index is 0.316. The summed E-state index contributed by atoms with van der Waals surface area (Å²) in [7, 11) is 0. The van der Waals surface area contributed by atoms with Crippen molar-refractivity contribution in [3.63, 3.8) is 0 Å². The molecule has 2 heteroatoms. The molecule has 0 amide bonds. The number of benzene rings is 1. The van der Waals surface area contributed by atoms with Crippen LogP contribution in [-0.4, -0.2) is 5.78 Å². The molecule has 0 saturated carbocycles. The fraction of sp³-hybridized carbons (Fsp3) is 0.500. The fourth-order valence-corrected chi connectivity index (χ4v) is 2.06. The Hall–Kier alpha value is -0.820. The highest BCUT2D eigenvalue weighted by Crippen LogP contribution is 2.16. The van der Waals surface area contributed by atoms with Gasteiger partial charge in [-0.15, -0.1) is 0 Å². The minimum Gasteiger partial charge on any atom is -0.299 e. The van der Waals surface area contributed by atoms with Gasteiger partial charge in [0.05, 0.1) is 0 Å². The summed E-state index contributed by atoms with van der Waals surface area (Å²) in [5.41, 5.74) is 1.02. The molecule has 16 heavy (non-hydrogen) atoms. The Bertz CT molecular complexity index is 342. The van der Waals surface area contributed by atoms with Gasteiger partial charge in [-0.2, -0.15) is 0 Å². The van der Waals surface area contributed by atoms with Crippen molar-refractivity contribution in [2.75, 3.05) is 0 Å². The van der Waals surface area contributed by atoms with E-state index in [1.165, 1.54) is 0 Å². The molecule has 0 N–H and O–H groups in total. The molecule has 1 aromatic carbocycles. The van der Waals surface area contributed by atoms with E-state index in [1.54, 1.807) is 0 Å². The van der Waals surface area contributed by atoms with Crippen molar-refractivity contribution in [1.82, 2.24) is 0 Å². The molecule has 0 fully saturated rings. The summed E-state index contributed by atoms with van der Waals surface area (Å²) in [5.74, 6) is 0.850. The van der Waals surface area contributed by atoms with E-state index in [-0.39, 0.29) is 0 Å². The molecule has 0 saturated heterocycles. The first-order valence-electron chi connectivity index (χ1n) is 5.91. The molecule has 0 aliphatic rings. The zero-order valence-electron chi connectivity index (χ0n) is 10.0. The van der Waals surface area contributed by atoms with Gasteiger partial charge in [-0.3, -0.25) is 4.79 Å². The molecule has 1 nitrogen and oxygen atoms in total. The number of carbonyl (C=O) groups is 1. The number of hydrogen-bond acceptors (Lipinski definition) is 1. The van der Waals surface area contributed by atoms with Crippen LogP contribution in [0.15, 0.2) is 24.3 Å². The Morgan fingerprint density at radius 1 is 1.31 bits per heavy atom. The number of hydrogen-bond donors (Lipinski definition) is 0. The average Bonchev–Trinajstić information content (AvgIpc) is 2.26. The van der Waals surface area contributed by atoms with Crippen molar-refractivity contribution < 1.29 is 4.79 Å². The quantitative estimate of drug-likeness (QED) is 0.723. The number of rotatable bonds is 6. The number of halogens is 1. The highest BCUT2D eigenvalue weighted by molar-refractivity contribution is 6.30. The predicted octanol–water partition coefficient (Wildman–Crippen LogP) is 4.28. The van der Waals surface area contributed by atoms with Gasteiger partial charge >= 0.3 is 0 Å². The summed E-state index contributed by atoms with van der Waals surface area (Å²) < 4.78 is 0. The maximum atomic E-state index is 11.8. The zero-order valence-corrected chi connectivity index (χ0v) is 10.8. The van der Waals surface area contributed by atoms with E-state index < -0.39 is 0 Å². The van der Waals surface area contributed by atoms with E-state index in [0.29, 0.717) is 29.6 Å². The van der Waals surface area contributed by atoms with Crippen LogP contribution in [0, 0.1) is 5.92 Å². The highest BCUT2D eigenvalue weighted by atomic mass is 35.5. The fourth-order valence-electron chi connectivity index (χ4n) is 1.85. The van der Waals surface area contributed by atoms with Crippen molar-refractivity contribution in [3.8, 4) is 0 Å². The Morgan fingerprint density at radius 3 is 2.56 bits per heavy atom. The van der Waals surface area contributed by atoms with Gasteiger partial charge < -0.3 is 0 Å². The summed E-state index contributed by atoms with van der Waals surface area (Å²) >= 11 is 5.88. The maximum Gasteiger partial charge on any atom is 0.137 e. The van der Waals surface area contributed by atoms with Crippen LogP contribution in [0.5, 0.6) is 0 Å². The standard InChI is InChI=1S/C14H19ClO/c1-3-11(4-2)9-14(16)10-12-6-5-7-13(15)8-12/h5-8,11H,3-4,9-10H2,1-2H3. The van der Waals surface area contributed by atoms with Gasteiger partial charge in [-0.25, -0.2) is 0 Å². The van der Waals surface area contributed by atoms with Crippen LogP contribution < -0.4 is 0 Å². The smallest absolute Gasteiger partial charge is 0.137 e. The molecule has 0 aromatic heterocycles. The third kappa shape index (κ3) is 4.36. The second kappa shape index (κ2) is 6.70. The Morgan fingerprint density at radius 2 is 2.00 bits per heavy atom. The first-order chi connectivity index (χ1) is 7.65. The highest BCUT2D eigenvalue weighted by Gasteiger charge is 2.10. The van der Waals surface area contributed by atoms with Crippen LogP contribution in [-0.2, 0) is 11.2 Å². The van der Waals surface area contributed by atoms with Crippen LogP contribution in [0.4, 0.5) is 0 Å². The zero-order chi connectivity index (χ0) is 12.0. The van der Waals surface area contributed by atoms with Crippen molar-refractivity contribution in [2.45, 2.75) is 39.5 Å². The molecular weight excluding hydrogens is 220 g/mol. The van der Waals surface area contributed by atoms with Gasteiger partial charge in [-0.05, 0) is 23.6 Å². The van der Waals surface area contributed by atoms with E-state index in [2.05, 4.69) is 13.8 Å². The number of ketones is 1. The predicted molar refractivity (Wildman–Crippen MR) is 68.9 cm³/mol. The Labute approximate surface area is 103 Å². The molecule has 0 spiro atoms. The molecule has 0 aliphatic heterocycles. The molecule has 0 unspecified atom stereocenters. The van der Waals surface area contributed by atoms with Crippen molar-refractivity contribution in [2.24, 2.45) is 5.92 Å². The van der Waals surface area contributed by atoms with Crippen LogP contribution >= 0.6 is 11.6 Å². The second-order valence-corrected chi connectivity index (χ2v) is 4.67. The molecule has 0 heterocycles. The third-order valence-corrected chi connectivity index (χ3v) is 3.20. The van der Waals surface area contributed by atoms with E-state index >= 15 is 0 Å². The molecule has 0 radical (unpaired) electrons. The third-order valence-electron chi connectivity index (χ3n) is 2.96. The summed E-state index contributed by atoms with van der Waals surface area (Å²) in [4.78, 5) is 11.8. The largest absolute Gasteiger partial charge is 0.299 e. The second-order valence-electron chi connectivity index (χ2n) is 4.23. The lowest BCUT2D eigenvalue weighted by Gasteiger charge is -2.10. The van der Waals surface area contributed by atoms with E-state index in [0.717, 1.165) is 18.4 Å². The van der Waals surface area contributed by atoms with Gasteiger partial charge in [0, 0.05) is 17.9 Å². The lowest BCUT2D eigenvalue weighted by Crippen LogP contribution is -2.09. The minimum absolute atomic E-state index is 0.316. The maximum absolute atomic E-state index is 11.8. The SMILES string of the molecule is CCC(CC)CC(=O)Cc1cccc(Cl)c1. The van der Waals surface area contributed by atoms with Crippen molar-refractivity contribution in [1.29, 1.82) is 0 Å². The van der Waals surface area contributed by atoms with Crippen LogP contribution in [0.3, 0.4) is 0 Å². The molecular formula is C14H19ClO. The van der Waals surface area contributed by atoms with Crippen LogP contribution in [0.1, 0.15) is 38.7 Å². The molecule has 88 valence electrons.